The molecule has 0 heterocycles. The quantitative estimate of drug-likeness (QED) is 0.628. The molecule has 0 aromatic heterocycles. The molecule has 0 fully saturated rings. The standard InChI is InChI=1S/C13H9BrFNO3/c14-11-6-5-10(7-12(11)15)19-8-9-3-1-2-4-13(9)16(17)18/h1-7H,8H2. The minimum Gasteiger partial charge on any atom is -0.489 e. The van der Waals surface area contributed by atoms with Crippen LogP contribution in [0.25, 0.3) is 0 Å². The molecule has 0 amide bonds. The summed E-state index contributed by atoms with van der Waals surface area (Å²) >= 11 is 3.04. The molecule has 2 aromatic rings. The zero-order valence-corrected chi connectivity index (χ0v) is 11.3. The van der Waals surface area contributed by atoms with Crippen molar-refractivity contribution in [1.29, 1.82) is 0 Å². The molecule has 0 saturated heterocycles. The lowest BCUT2D eigenvalue weighted by Gasteiger charge is -2.07. The van der Waals surface area contributed by atoms with Crippen LogP contribution < -0.4 is 4.74 Å². The van der Waals surface area contributed by atoms with Crippen molar-refractivity contribution < 1.29 is 14.1 Å². The number of halogens is 2. The number of nitro groups is 1. The predicted octanol–water partition coefficient (Wildman–Crippen LogP) is 4.08. The van der Waals surface area contributed by atoms with Gasteiger partial charge in [-0.1, -0.05) is 12.1 Å². The Bertz CT molecular complexity index is 619. The second kappa shape index (κ2) is 5.79. The molecule has 2 aromatic carbocycles. The van der Waals surface area contributed by atoms with E-state index in [1.807, 2.05) is 0 Å². The van der Waals surface area contributed by atoms with Gasteiger partial charge in [0.1, 0.15) is 18.2 Å². The summed E-state index contributed by atoms with van der Waals surface area (Å²) in [4.78, 5) is 10.3. The maximum Gasteiger partial charge on any atom is 0.276 e. The second-order valence-corrected chi connectivity index (χ2v) is 4.60. The van der Waals surface area contributed by atoms with Gasteiger partial charge in [0.25, 0.3) is 5.69 Å². The van der Waals surface area contributed by atoms with E-state index in [9.17, 15) is 14.5 Å². The number of nitrogens with zero attached hydrogens (tertiary/aromatic N) is 1. The molecule has 0 N–H and O–H groups in total. The molecule has 4 nitrogen and oxygen atoms in total. The number of ether oxygens (including phenoxy) is 1. The van der Waals surface area contributed by atoms with E-state index in [0.717, 1.165) is 0 Å². The van der Waals surface area contributed by atoms with E-state index in [1.54, 1.807) is 24.3 Å². The summed E-state index contributed by atoms with van der Waals surface area (Å²) in [5.41, 5.74) is 0.427. The summed E-state index contributed by atoms with van der Waals surface area (Å²) in [5, 5.41) is 10.8. The Labute approximate surface area is 117 Å². The topological polar surface area (TPSA) is 52.4 Å². The second-order valence-electron chi connectivity index (χ2n) is 3.75. The van der Waals surface area contributed by atoms with Crippen molar-refractivity contribution in [2.75, 3.05) is 0 Å². The average molecular weight is 326 g/mol. The fraction of sp³-hybridized carbons (Fsp3) is 0.0769. The van der Waals surface area contributed by atoms with Gasteiger partial charge in [-0.05, 0) is 34.1 Å². The SMILES string of the molecule is O=[N+]([O-])c1ccccc1COc1ccc(Br)c(F)c1. The van der Waals surface area contributed by atoms with Gasteiger partial charge < -0.3 is 4.74 Å². The lowest BCUT2D eigenvalue weighted by atomic mass is 10.2. The fourth-order valence-corrected chi connectivity index (χ4v) is 1.79. The smallest absolute Gasteiger partial charge is 0.276 e. The summed E-state index contributed by atoms with van der Waals surface area (Å²) in [6.07, 6.45) is 0. The van der Waals surface area contributed by atoms with Crippen LogP contribution in [0.4, 0.5) is 10.1 Å². The molecule has 0 radical (unpaired) electrons. The van der Waals surface area contributed by atoms with E-state index in [2.05, 4.69) is 15.9 Å². The van der Waals surface area contributed by atoms with Gasteiger partial charge in [-0.3, -0.25) is 10.1 Å². The maximum absolute atomic E-state index is 13.3. The van der Waals surface area contributed by atoms with Gasteiger partial charge >= 0.3 is 0 Å². The van der Waals surface area contributed by atoms with Gasteiger partial charge in [-0.2, -0.15) is 0 Å². The van der Waals surface area contributed by atoms with Crippen molar-refractivity contribution in [3.63, 3.8) is 0 Å². The first kappa shape index (κ1) is 13.5. The Morgan fingerprint density at radius 3 is 2.68 bits per heavy atom. The molecule has 0 aliphatic rings. The van der Waals surface area contributed by atoms with Crippen molar-refractivity contribution in [1.82, 2.24) is 0 Å². The van der Waals surface area contributed by atoms with Crippen LogP contribution in [0.5, 0.6) is 5.75 Å². The molecular weight excluding hydrogens is 317 g/mol. The molecule has 2 rings (SSSR count). The van der Waals surface area contributed by atoms with Crippen LogP contribution in [0.2, 0.25) is 0 Å². The largest absolute Gasteiger partial charge is 0.489 e. The van der Waals surface area contributed by atoms with E-state index >= 15 is 0 Å². The number of para-hydroxylation sites is 1. The highest BCUT2D eigenvalue weighted by molar-refractivity contribution is 9.10. The molecule has 0 atom stereocenters. The lowest BCUT2D eigenvalue weighted by Crippen LogP contribution is -2.00. The Morgan fingerprint density at radius 1 is 1.26 bits per heavy atom. The van der Waals surface area contributed by atoms with Gasteiger partial charge in [-0.25, -0.2) is 4.39 Å². The molecule has 0 bridgehead atoms. The highest BCUT2D eigenvalue weighted by Crippen LogP contribution is 2.23. The molecule has 98 valence electrons. The zero-order valence-electron chi connectivity index (χ0n) is 9.68. The number of benzene rings is 2. The van der Waals surface area contributed by atoms with Crippen molar-refractivity contribution >= 4 is 21.6 Å². The van der Waals surface area contributed by atoms with E-state index in [-0.39, 0.29) is 12.3 Å². The van der Waals surface area contributed by atoms with Gasteiger partial charge in [-0.15, -0.1) is 0 Å². The Hall–Kier alpha value is -1.95. The molecule has 0 spiro atoms. The van der Waals surface area contributed by atoms with Crippen LogP contribution in [0.15, 0.2) is 46.9 Å². The lowest BCUT2D eigenvalue weighted by molar-refractivity contribution is -0.385. The molecule has 0 aliphatic carbocycles. The van der Waals surface area contributed by atoms with Crippen LogP contribution >= 0.6 is 15.9 Å². The first-order chi connectivity index (χ1) is 9.08. The Kier molecular flexibility index (Phi) is 4.11. The van der Waals surface area contributed by atoms with Crippen molar-refractivity contribution in [2.24, 2.45) is 0 Å². The van der Waals surface area contributed by atoms with Crippen LogP contribution in [0, 0.1) is 15.9 Å². The maximum atomic E-state index is 13.3. The third-order valence-electron chi connectivity index (χ3n) is 2.47. The normalized spacial score (nSPS) is 10.2. The minimum absolute atomic E-state index is 0.0121. The number of nitro benzene ring substituents is 1. The van der Waals surface area contributed by atoms with Crippen LogP contribution in [-0.2, 0) is 6.61 Å². The summed E-state index contributed by atoms with van der Waals surface area (Å²) in [6.45, 7) is 0.0121. The molecule has 19 heavy (non-hydrogen) atoms. The highest BCUT2D eigenvalue weighted by Gasteiger charge is 2.12. The number of rotatable bonds is 4. The van der Waals surface area contributed by atoms with Crippen molar-refractivity contribution in [3.05, 3.63) is 68.4 Å². The Balaban J connectivity index is 2.14. The van der Waals surface area contributed by atoms with Crippen molar-refractivity contribution in [3.8, 4) is 5.75 Å². The van der Waals surface area contributed by atoms with Gasteiger partial charge in [0, 0.05) is 12.1 Å². The van der Waals surface area contributed by atoms with Crippen LogP contribution in [-0.4, -0.2) is 4.92 Å². The monoisotopic (exact) mass is 325 g/mol. The highest BCUT2D eigenvalue weighted by atomic mass is 79.9. The summed E-state index contributed by atoms with van der Waals surface area (Å²) in [7, 11) is 0. The van der Waals surface area contributed by atoms with Gasteiger partial charge in [0.15, 0.2) is 0 Å². The van der Waals surface area contributed by atoms with E-state index < -0.39 is 10.7 Å². The van der Waals surface area contributed by atoms with Crippen LogP contribution in [0.3, 0.4) is 0 Å². The summed E-state index contributed by atoms with van der Waals surface area (Å²) in [6, 6.07) is 10.6. The van der Waals surface area contributed by atoms with Crippen molar-refractivity contribution in [2.45, 2.75) is 6.61 Å². The predicted molar refractivity (Wildman–Crippen MR) is 71.5 cm³/mol. The average Bonchev–Trinajstić information content (AvgIpc) is 2.40. The third kappa shape index (κ3) is 3.29. The molecular formula is C13H9BrFNO3. The summed E-state index contributed by atoms with van der Waals surface area (Å²) < 4.78 is 19.0. The van der Waals surface area contributed by atoms with E-state index in [1.165, 1.54) is 18.2 Å². The van der Waals surface area contributed by atoms with Gasteiger partial charge in [0.2, 0.25) is 0 Å². The van der Waals surface area contributed by atoms with E-state index in [0.29, 0.717) is 15.8 Å². The third-order valence-corrected chi connectivity index (χ3v) is 3.12. The first-order valence-electron chi connectivity index (χ1n) is 5.38. The van der Waals surface area contributed by atoms with E-state index in [4.69, 9.17) is 4.74 Å². The van der Waals surface area contributed by atoms with Crippen LogP contribution in [0.1, 0.15) is 5.56 Å². The molecule has 0 unspecified atom stereocenters. The fourth-order valence-electron chi connectivity index (χ4n) is 1.54. The first-order valence-corrected chi connectivity index (χ1v) is 6.17. The minimum atomic E-state index is -0.471. The molecule has 0 aliphatic heterocycles. The number of hydrogen-bond acceptors (Lipinski definition) is 3. The summed E-state index contributed by atoms with van der Waals surface area (Å²) in [5.74, 6) is -0.126. The zero-order chi connectivity index (χ0) is 13.8. The van der Waals surface area contributed by atoms with Gasteiger partial charge in [0.05, 0.1) is 15.0 Å². The Morgan fingerprint density at radius 2 is 2.00 bits per heavy atom. The molecule has 6 heteroatoms. The number of hydrogen-bond donors (Lipinski definition) is 0. The molecule has 0 saturated carbocycles.